The Morgan fingerprint density at radius 3 is 1.29 bits per heavy atom. The predicted octanol–water partition coefficient (Wildman–Crippen LogP) is 3.25. The molecule has 13 nitrogen and oxygen atoms in total. The normalized spacial score (nSPS) is 10.5. The minimum absolute atomic E-state index is 0.0514. The van der Waals surface area contributed by atoms with Crippen LogP contribution >= 0.6 is 0 Å². The van der Waals surface area contributed by atoms with Gasteiger partial charge >= 0.3 is 0 Å². The van der Waals surface area contributed by atoms with Gasteiger partial charge in [-0.2, -0.15) is 0 Å². The first-order valence-electron chi connectivity index (χ1n) is 8.49. The summed E-state index contributed by atoms with van der Waals surface area (Å²) >= 11 is 0. The van der Waals surface area contributed by atoms with Crippen LogP contribution in [0, 0.1) is 20.2 Å². The monoisotopic (exact) mass is 432 g/mol. The van der Waals surface area contributed by atoms with Crippen LogP contribution in [-0.2, 0) is 0 Å². The van der Waals surface area contributed by atoms with Crippen molar-refractivity contribution in [2.24, 2.45) is 0 Å². The zero-order valence-electron chi connectivity index (χ0n) is 16.8. The molecule has 1 heterocycles. The molecule has 3 rings (SSSR count). The second-order valence-electron chi connectivity index (χ2n) is 5.88. The van der Waals surface area contributed by atoms with Crippen LogP contribution in [0.2, 0.25) is 0 Å². The molecule has 1 aromatic heterocycles. The van der Waals surface area contributed by atoms with Crippen LogP contribution in [0.1, 0.15) is 0 Å². The Bertz CT molecular complexity index is 1070. The van der Waals surface area contributed by atoms with E-state index in [-0.39, 0.29) is 57.3 Å². The van der Waals surface area contributed by atoms with E-state index in [0.717, 1.165) is 12.1 Å². The van der Waals surface area contributed by atoms with E-state index in [1.807, 2.05) is 0 Å². The number of ether oxygens (including phenoxy) is 4. The third-order valence-corrected chi connectivity index (χ3v) is 4.28. The van der Waals surface area contributed by atoms with E-state index in [2.05, 4.69) is 10.2 Å². The zero-order valence-corrected chi connectivity index (χ0v) is 16.8. The van der Waals surface area contributed by atoms with Gasteiger partial charge in [0.2, 0.25) is 0 Å². The summed E-state index contributed by atoms with van der Waals surface area (Å²) in [6.07, 6.45) is 0. The summed E-state index contributed by atoms with van der Waals surface area (Å²) in [5.74, 6) is 0.166. The van der Waals surface area contributed by atoms with Crippen molar-refractivity contribution in [3.63, 3.8) is 0 Å². The summed E-state index contributed by atoms with van der Waals surface area (Å²) in [5.41, 5.74) is -0.863. The summed E-state index contributed by atoms with van der Waals surface area (Å²) < 4.78 is 26.1. The number of benzene rings is 2. The van der Waals surface area contributed by atoms with Gasteiger partial charge in [0, 0.05) is 12.1 Å². The highest BCUT2D eigenvalue weighted by atomic mass is 16.6. The lowest BCUT2D eigenvalue weighted by Gasteiger charge is -2.09. The average Bonchev–Trinajstić information content (AvgIpc) is 3.26. The van der Waals surface area contributed by atoms with Crippen molar-refractivity contribution >= 4 is 11.4 Å². The minimum atomic E-state index is -0.653. The van der Waals surface area contributed by atoms with Crippen molar-refractivity contribution in [1.29, 1.82) is 0 Å². The molecule has 3 aromatic rings. The van der Waals surface area contributed by atoms with Gasteiger partial charge < -0.3 is 23.4 Å². The topological polar surface area (TPSA) is 162 Å². The Hall–Kier alpha value is -4.42. The molecule has 0 aliphatic carbocycles. The molecule has 0 aliphatic rings. The second-order valence-corrected chi connectivity index (χ2v) is 5.88. The predicted molar refractivity (Wildman–Crippen MR) is 105 cm³/mol. The van der Waals surface area contributed by atoms with Crippen LogP contribution in [0.3, 0.4) is 0 Å². The molecular formula is C18H16N4O9. The highest BCUT2D eigenvalue weighted by molar-refractivity contribution is 5.75. The van der Waals surface area contributed by atoms with Gasteiger partial charge in [0.05, 0.1) is 50.4 Å². The second kappa shape index (κ2) is 8.52. The van der Waals surface area contributed by atoms with Gasteiger partial charge in [0.25, 0.3) is 23.2 Å². The first-order valence-corrected chi connectivity index (χ1v) is 8.49. The number of hydrogen-bond donors (Lipinski definition) is 0. The lowest BCUT2D eigenvalue weighted by molar-refractivity contribution is -0.384. The lowest BCUT2D eigenvalue weighted by Crippen LogP contribution is -1.97. The summed E-state index contributed by atoms with van der Waals surface area (Å²) in [6.45, 7) is 0. The molecule has 2 aromatic carbocycles. The number of rotatable bonds is 8. The lowest BCUT2D eigenvalue weighted by atomic mass is 10.1. The summed E-state index contributed by atoms with van der Waals surface area (Å²) in [6, 6.07) is 4.91. The summed E-state index contributed by atoms with van der Waals surface area (Å²) in [7, 11) is 5.39. The average molecular weight is 432 g/mol. The van der Waals surface area contributed by atoms with E-state index in [1.165, 1.54) is 40.6 Å². The molecule has 0 saturated heterocycles. The van der Waals surface area contributed by atoms with Gasteiger partial charge in [-0.05, 0) is 0 Å². The molecule has 31 heavy (non-hydrogen) atoms. The molecule has 0 amide bonds. The molecule has 0 unspecified atom stereocenters. The minimum Gasteiger partial charge on any atom is -0.493 e. The fourth-order valence-electron chi connectivity index (χ4n) is 2.82. The van der Waals surface area contributed by atoms with Crippen LogP contribution in [-0.4, -0.2) is 48.5 Å². The third-order valence-electron chi connectivity index (χ3n) is 4.28. The van der Waals surface area contributed by atoms with Crippen molar-refractivity contribution in [3.05, 3.63) is 44.5 Å². The number of hydrogen-bond acceptors (Lipinski definition) is 11. The van der Waals surface area contributed by atoms with Crippen molar-refractivity contribution in [3.8, 4) is 45.9 Å². The van der Waals surface area contributed by atoms with Gasteiger partial charge in [-0.3, -0.25) is 20.2 Å². The number of aromatic nitrogens is 2. The molecular weight excluding hydrogens is 416 g/mol. The van der Waals surface area contributed by atoms with Crippen molar-refractivity contribution in [2.45, 2.75) is 0 Å². The maximum atomic E-state index is 11.5. The van der Waals surface area contributed by atoms with Gasteiger partial charge in [0.15, 0.2) is 23.0 Å². The molecule has 0 radical (unpaired) electrons. The van der Waals surface area contributed by atoms with E-state index in [1.54, 1.807) is 0 Å². The molecule has 0 saturated carbocycles. The molecule has 0 fully saturated rings. The Labute approximate surface area is 174 Å². The van der Waals surface area contributed by atoms with Crippen LogP contribution in [0.15, 0.2) is 28.7 Å². The Kier molecular flexibility index (Phi) is 5.85. The van der Waals surface area contributed by atoms with E-state index < -0.39 is 9.85 Å². The maximum absolute atomic E-state index is 11.5. The fourth-order valence-corrected chi connectivity index (χ4v) is 2.82. The number of methoxy groups -OCH3 is 4. The number of nitrogens with zero attached hydrogens (tertiary/aromatic N) is 4. The van der Waals surface area contributed by atoms with Crippen molar-refractivity contribution in [2.75, 3.05) is 28.4 Å². The standard InChI is InChI=1S/C18H16N4O9/c1-27-13-5-9(11(21(23)24)7-15(13)29-3)17-19-20-18(31-17)10-6-14(28-2)16(30-4)8-12(10)22(25)26/h5-8H,1-4H3. The summed E-state index contributed by atoms with van der Waals surface area (Å²) in [5, 5.41) is 30.7. The summed E-state index contributed by atoms with van der Waals surface area (Å²) in [4.78, 5) is 21.8. The zero-order chi connectivity index (χ0) is 22.7. The SMILES string of the molecule is COc1cc(-c2nnc(-c3cc(OC)c(OC)cc3[N+](=O)[O-])o2)c([N+](=O)[O-])cc1OC. The quantitative estimate of drug-likeness (QED) is 0.379. The number of nitro benzene ring substituents is 2. The highest BCUT2D eigenvalue weighted by Crippen LogP contribution is 2.42. The number of nitro groups is 2. The van der Waals surface area contributed by atoms with E-state index in [9.17, 15) is 20.2 Å². The molecule has 13 heteroatoms. The highest BCUT2D eigenvalue weighted by Gasteiger charge is 2.28. The van der Waals surface area contributed by atoms with Gasteiger partial charge in [-0.15, -0.1) is 10.2 Å². The smallest absolute Gasteiger partial charge is 0.286 e. The first-order chi connectivity index (χ1) is 14.8. The van der Waals surface area contributed by atoms with E-state index >= 15 is 0 Å². The molecule has 0 N–H and O–H groups in total. The van der Waals surface area contributed by atoms with E-state index in [4.69, 9.17) is 23.4 Å². The van der Waals surface area contributed by atoms with Crippen molar-refractivity contribution in [1.82, 2.24) is 10.2 Å². The van der Waals surface area contributed by atoms with Gasteiger partial charge in [-0.25, -0.2) is 0 Å². The van der Waals surface area contributed by atoms with Crippen LogP contribution in [0.5, 0.6) is 23.0 Å². The first kappa shape index (κ1) is 21.3. The fraction of sp³-hybridized carbons (Fsp3) is 0.222. The van der Waals surface area contributed by atoms with Crippen molar-refractivity contribution < 1.29 is 33.2 Å². The van der Waals surface area contributed by atoms with Crippen LogP contribution in [0.4, 0.5) is 11.4 Å². The third kappa shape index (κ3) is 3.88. The molecule has 0 bridgehead atoms. The Balaban J connectivity index is 2.19. The van der Waals surface area contributed by atoms with Crippen LogP contribution in [0.25, 0.3) is 22.9 Å². The van der Waals surface area contributed by atoms with Gasteiger partial charge in [-0.1, -0.05) is 0 Å². The molecule has 0 atom stereocenters. The van der Waals surface area contributed by atoms with Crippen LogP contribution < -0.4 is 18.9 Å². The maximum Gasteiger partial charge on any atom is 0.286 e. The van der Waals surface area contributed by atoms with E-state index in [0.29, 0.717) is 0 Å². The van der Waals surface area contributed by atoms with Gasteiger partial charge in [0.1, 0.15) is 11.1 Å². The Morgan fingerprint density at radius 2 is 1.00 bits per heavy atom. The Morgan fingerprint density at radius 1 is 0.677 bits per heavy atom. The largest absolute Gasteiger partial charge is 0.493 e. The molecule has 0 aliphatic heterocycles. The molecule has 162 valence electrons. The molecule has 0 spiro atoms.